The lowest BCUT2D eigenvalue weighted by atomic mass is 10.2. The van der Waals surface area contributed by atoms with E-state index in [1.807, 2.05) is 0 Å². The zero-order chi connectivity index (χ0) is 20.3. The number of fused-ring (bicyclic) bond motifs is 2. The molecule has 4 rings (SSSR count). The SMILES string of the molecule is C#Cc1nn(COCC[Si](C)(C)C)c2ccc([N+](=O)[O-])cc12.c1cc2cc-2c1. The minimum atomic E-state index is -1.13. The minimum Gasteiger partial charge on any atom is -0.360 e. The number of nitro benzene ring substituents is 1. The molecule has 2 aromatic rings. The van der Waals surface area contributed by atoms with Crippen LogP contribution in [0.25, 0.3) is 22.0 Å². The van der Waals surface area contributed by atoms with Crippen LogP contribution in [0, 0.1) is 22.5 Å². The molecule has 0 radical (unpaired) electrons. The monoisotopic (exact) mass is 393 g/mol. The Balaban J connectivity index is 0.000000311. The first kappa shape index (κ1) is 19.8. The van der Waals surface area contributed by atoms with Crippen molar-refractivity contribution < 1.29 is 9.66 Å². The summed E-state index contributed by atoms with van der Waals surface area (Å²) in [4.78, 5) is 10.4. The van der Waals surface area contributed by atoms with Gasteiger partial charge in [-0.2, -0.15) is 5.10 Å². The molecule has 0 bridgehead atoms. The average molecular weight is 394 g/mol. The predicted molar refractivity (Wildman–Crippen MR) is 114 cm³/mol. The quantitative estimate of drug-likeness (QED) is 0.153. The maximum absolute atomic E-state index is 10.9. The van der Waals surface area contributed by atoms with E-state index >= 15 is 0 Å². The molecule has 6 nitrogen and oxygen atoms in total. The molecule has 0 atom stereocenters. The van der Waals surface area contributed by atoms with Gasteiger partial charge in [0.2, 0.25) is 0 Å². The van der Waals surface area contributed by atoms with Gasteiger partial charge in [-0.15, -0.1) is 6.42 Å². The molecular weight excluding hydrogens is 370 g/mol. The molecule has 0 N–H and O–H groups in total. The molecule has 2 aliphatic carbocycles. The average Bonchev–Trinajstić information content (AvgIpc) is 3.09. The Hall–Kier alpha value is -2.95. The number of rotatable bonds is 6. The fraction of sp³-hybridized carbons (Fsp3) is 0.286. The van der Waals surface area contributed by atoms with Crippen molar-refractivity contribution in [1.29, 1.82) is 0 Å². The molecule has 0 unspecified atom stereocenters. The topological polar surface area (TPSA) is 70.2 Å². The van der Waals surface area contributed by atoms with Crippen molar-refractivity contribution in [2.24, 2.45) is 0 Å². The third-order valence-corrected chi connectivity index (χ3v) is 6.11. The second-order valence-corrected chi connectivity index (χ2v) is 13.5. The van der Waals surface area contributed by atoms with Crippen LogP contribution in [0.2, 0.25) is 25.7 Å². The number of ether oxygens (including phenoxy) is 1. The molecular formula is C21H23N3O3Si. The lowest BCUT2D eigenvalue weighted by Gasteiger charge is -2.15. The van der Waals surface area contributed by atoms with Crippen molar-refractivity contribution in [3.05, 3.63) is 58.3 Å². The molecule has 1 heterocycles. The van der Waals surface area contributed by atoms with Crippen LogP contribution in [0.3, 0.4) is 0 Å². The molecule has 0 saturated heterocycles. The Morgan fingerprint density at radius 3 is 2.43 bits per heavy atom. The number of aromatic nitrogens is 2. The van der Waals surface area contributed by atoms with Crippen molar-refractivity contribution in [2.75, 3.05) is 6.61 Å². The van der Waals surface area contributed by atoms with Crippen molar-refractivity contribution in [1.82, 2.24) is 9.78 Å². The maximum Gasteiger partial charge on any atom is 0.270 e. The van der Waals surface area contributed by atoms with Gasteiger partial charge in [-0.3, -0.25) is 10.1 Å². The Bertz CT molecular complexity index is 1040. The summed E-state index contributed by atoms with van der Waals surface area (Å²) in [5.41, 5.74) is 3.99. The van der Waals surface area contributed by atoms with Gasteiger partial charge in [0.15, 0.2) is 0 Å². The van der Waals surface area contributed by atoms with Gasteiger partial charge < -0.3 is 4.74 Å². The van der Waals surface area contributed by atoms with Crippen LogP contribution in [0.4, 0.5) is 5.69 Å². The second kappa shape index (κ2) is 7.96. The number of hydrogen-bond donors (Lipinski definition) is 0. The maximum atomic E-state index is 10.9. The van der Waals surface area contributed by atoms with Crippen LogP contribution in [0.15, 0.2) is 42.5 Å². The van der Waals surface area contributed by atoms with E-state index in [0.717, 1.165) is 11.6 Å². The first-order chi connectivity index (χ1) is 13.3. The van der Waals surface area contributed by atoms with Crippen LogP contribution in [0.5, 0.6) is 0 Å². The molecule has 144 valence electrons. The van der Waals surface area contributed by atoms with E-state index in [1.54, 1.807) is 10.7 Å². The summed E-state index contributed by atoms with van der Waals surface area (Å²) in [7, 11) is -1.13. The minimum absolute atomic E-state index is 0.00296. The van der Waals surface area contributed by atoms with Crippen LogP contribution in [-0.4, -0.2) is 29.4 Å². The van der Waals surface area contributed by atoms with Crippen molar-refractivity contribution in [3.8, 4) is 23.5 Å². The van der Waals surface area contributed by atoms with Crippen LogP contribution in [-0.2, 0) is 11.5 Å². The lowest BCUT2D eigenvalue weighted by molar-refractivity contribution is -0.384. The fourth-order valence-corrected chi connectivity index (χ4v) is 3.45. The summed E-state index contributed by atoms with van der Waals surface area (Å²) in [6, 6.07) is 14.1. The van der Waals surface area contributed by atoms with Gasteiger partial charge in [0.1, 0.15) is 12.4 Å². The van der Waals surface area contributed by atoms with E-state index in [0.29, 0.717) is 24.4 Å². The number of nitrogens with zero attached hydrogens (tertiary/aromatic N) is 3. The van der Waals surface area contributed by atoms with Gasteiger partial charge in [0.25, 0.3) is 5.69 Å². The Morgan fingerprint density at radius 2 is 1.93 bits per heavy atom. The first-order valence-electron chi connectivity index (χ1n) is 9.08. The van der Waals surface area contributed by atoms with Crippen molar-refractivity contribution in [3.63, 3.8) is 0 Å². The summed E-state index contributed by atoms with van der Waals surface area (Å²) >= 11 is 0. The van der Waals surface area contributed by atoms with E-state index in [-0.39, 0.29) is 5.69 Å². The van der Waals surface area contributed by atoms with E-state index in [9.17, 15) is 10.1 Å². The third-order valence-electron chi connectivity index (χ3n) is 4.40. The van der Waals surface area contributed by atoms with Crippen molar-refractivity contribution >= 4 is 24.7 Å². The number of terminal acetylenes is 1. The Labute approximate surface area is 165 Å². The Morgan fingerprint density at radius 1 is 1.21 bits per heavy atom. The zero-order valence-electron chi connectivity index (χ0n) is 16.3. The molecule has 0 spiro atoms. The smallest absolute Gasteiger partial charge is 0.270 e. The highest BCUT2D eigenvalue weighted by atomic mass is 28.3. The van der Waals surface area contributed by atoms with E-state index < -0.39 is 13.0 Å². The number of hydrogen-bond acceptors (Lipinski definition) is 4. The summed E-state index contributed by atoms with van der Waals surface area (Å²) in [5, 5.41) is 15.8. The summed E-state index contributed by atoms with van der Waals surface area (Å²) in [6.07, 6.45) is 5.44. The van der Waals surface area contributed by atoms with Gasteiger partial charge in [-0.05, 0) is 35.2 Å². The van der Waals surface area contributed by atoms with E-state index in [2.05, 4.69) is 54.9 Å². The number of nitro groups is 1. The summed E-state index contributed by atoms with van der Waals surface area (Å²) in [5.74, 6) is 2.47. The molecule has 2 aliphatic rings. The summed E-state index contributed by atoms with van der Waals surface area (Å²) in [6.45, 7) is 7.83. The highest BCUT2D eigenvalue weighted by molar-refractivity contribution is 6.76. The molecule has 0 saturated carbocycles. The summed E-state index contributed by atoms with van der Waals surface area (Å²) < 4.78 is 7.32. The van der Waals surface area contributed by atoms with Gasteiger partial charge >= 0.3 is 0 Å². The van der Waals surface area contributed by atoms with Crippen LogP contribution in [0.1, 0.15) is 5.69 Å². The number of non-ortho nitro benzene ring substituents is 1. The van der Waals surface area contributed by atoms with Gasteiger partial charge in [0.05, 0.1) is 10.4 Å². The lowest BCUT2D eigenvalue weighted by Crippen LogP contribution is -2.22. The largest absolute Gasteiger partial charge is 0.360 e. The molecule has 28 heavy (non-hydrogen) atoms. The fourth-order valence-electron chi connectivity index (χ4n) is 2.69. The van der Waals surface area contributed by atoms with E-state index in [4.69, 9.17) is 11.2 Å². The molecule has 7 heteroatoms. The van der Waals surface area contributed by atoms with Crippen molar-refractivity contribution in [2.45, 2.75) is 32.4 Å². The van der Waals surface area contributed by atoms with Gasteiger partial charge in [-0.25, -0.2) is 4.68 Å². The number of benzene rings is 2. The molecule has 1 aromatic carbocycles. The van der Waals surface area contributed by atoms with Gasteiger partial charge in [-0.1, -0.05) is 37.8 Å². The van der Waals surface area contributed by atoms with Crippen LogP contribution >= 0.6 is 0 Å². The Kier molecular flexibility index (Phi) is 5.63. The second-order valence-electron chi connectivity index (χ2n) is 7.88. The zero-order valence-corrected chi connectivity index (χ0v) is 17.3. The molecule has 0 amide bonds. The molecule has 1 aromatic heterocycles. The predicted octanol–water partition coefficient (Wildman–Crippen LogP) is 4.91. The normalized spacial score (nSPS) is 11.5. The highest BCUT2D eigenvalue weighted by Gasteiger charge is 2.15. The third kappa shape index (κ3) is 4.85. The molecule has 0 aliphatic heterocycles. The highest BCUT2D eigenvalue weighted by Crippen LogP contribution is 2.32. The molecule has 0 fully saturated rings. The first-order valence-corrected chi connectivity index (χ1v) is 12.8. The van der Waals surface area contributed by atoms with Gasteiger partial charge in [0, 0.05) is 32.2 Å². The van der Waals surface area contributed by atoms with E-state index in [1.165, 1.54) is 23.3 Å². The van der Waals surface area contributed by atoms with Crippen LogP contribution < -0.4 is 0 Å². The standard InChI is InChI=1S/C15H19N3O3Si.C6H4/c1-5-14-13-10-12(18(19)20)6-7-15(13)17(16-14)11-21-8-9-22(2,3)4;1-2-5-4-6(5)3-1/h1,6-7,10H,8-9,11H2,2-4H3;1-4H.